The number of halogens is 1. The number of hydrogen-bond acceptors (Lipinski definition) is 2. The maximum Gasteiger partial charge on any atom is 0.238 e. The van der Waals surface area contributed by atoms with Crippen molar-refractivity contribution in [3.05, 3.63) is 29.8 Å². The molecule has 1 amide bonds. The first-order chi connectivity index (χ1) is 7.75. The predicted octanol–water partition coefficient (Wildman–Crippen LogP) is 2.35. The molecule has 2 N–H and O–H groups in total. The summed E-state index contributed by atoms with van der Waals surface area (Å²) in [6.45, 7) is 3.37. The fraction of sp³-hybridized carbons (Fsp3) is 0.462. The van der Waals surface area contributed by atoms with E-state index in [-0.39, 0.29) is 18.3 Å². The zero-order valence-corrected chi connectivity index (χ0v) is 10.8. The Kier molecular flexibility index (Phi) is 5.45. The topological polar surface area (TPSA) is 41.1 Å². The van der Waals surface area contributed by atoms with Crippen LogP contribution < -0.4 is 10.6 Å². The molecule has 1 aromatic carbocycles. The van der Waals surface area contributed by atoms with Crippen LogP contribution in [0.25, 0.3) is 0 Å². The van der Waals surface area contributed by atoms with E-state index in [2.05, 4.69) is 10.6 Å². The van der Waals surface area contributed by atoms with Crippen LogP contribution in [-0.2, 0) is 4.79 Å². The van der Waals surface area contributed by atoms with Gasteiger partial charge in [0.1, 0.15) is 0 Å². The maximum absolute atomic E-state index is 11.6. The van der Waals surface area contributed by atoms with Gasteiger partial charge in [-0.15, -0.1) is 12.4 Å². The Morgan fingerprint density at radius 2 is 2.06 bits per heavy atom. The van der Waals surface area contributed by atoms with Gasteiger partial charge >= 0.3 is 0 Å². The van der Waals surface area contributed by atoms with Crippen LogP contribution >= 0.6 is 12.4 Å². The minimum Gasteiger partial charge on any atom is -0.325 e. The lowest BCUT2D eigenvalue weighted by Gasteiger charge is -2.08. The molecule has 0 radical (unpaired) electrons. The van der Waals surface area contributed by atoms with Gasteiger partial charge in [0.15, 0.2) is 0 Å². The highest BCUT2D eigenvalue weighted by atomic mass is 35.5. The Bertz CT molecular complexity index is 377. The van der Waals surface area contributed by atoms with E-state index in [1.807, 2.05) is 31.2 Å². The molecule has 4 heteroatoms. The molecule has 2 rings (SSSR count). The molecule has 1 aliphatic carbocycles. The molecular weight excluding hydrogens is 236 g/mol. The minimum absolute atomic E-state index is 0. The van der Waals surface area contributed by atoms with Crippen LogP contribution in [0.4, 0.5) is 5.69 Å². The van der Waals surface area contributed by atoms with E-state index < -0.39 is 0 Å². The van der Waals surface area contributed by atoms with Gasteiger partial charge in [-0.1, -0.05) is 18.2 Å². The fourth-order valence-electron chi connectivity index (χ4n) is 1.62. The number of amides is 1. The standard InChI is InChI=1S/C13H18N2O.ClH/c1-10-4-2-3-5-12(10)15-13(16)9-14-8-11-6-7-11;/h2-5,11,14H,6-9H2,1H3,(H,15,16);1H. The number of rotatable bonds is 5. The molecule has 3 nitrogen and oxygen atoms in total. The third-order valence-electron chi connectivity index (χ3n) is 2.83. The quantitative estimate of drug-likeness (QED) is 0.847. The van der Waals surface area contributed by atoms with Crippen molar-refractivity contribution in [1.82, 2.24) is 5.32 Å². The lowest BCUT2D eigenvalue weighted by Crippen LogP contribution is -2.29. The molecule has 0 atom stereocenters. The molecule has 0 aliphatic heterocycles. The van der Waals surface area contributed by atoms with E-state index >= 15 is 0 Å². The Morgan fingerprint density at radius 1 is 1.35 bits per heavy atom. The first-order valence-corrected chi connectivity index (χ1v) is 5.82. The molecule has 1 aliphatic rings. The molecule has 0 spiro atoms. The Balaban J connectivity index is 0.00000144. The SMILES string of the molecule is Cc1ccccc1NC(=O)CNCC1CC1.Cl. The van der Waals surface area contributed by atoms with Crippen LogP contribution in [0.1, 0.15) is 18.4 Å². The van der Waals surface area contributed by atoms with Crippen LogP contribution in [0.15, 0.2) is 24.3 Å². The van der Waals surface area contributed by atoms with Gasteiger partial charge in [-0.3, -0.25) is 4.79 Å². The normalized spacial score (nSPS) is 13.9. The van der Waals surface area contributed by atoms with Crippen molar-refractivity contribution in [2.45, 2.75) is 19.8 Å². The molecule has 1 aromatic rings. The summed E-state index contributed by atoms with van der Waals surface area (Å²) in [6, 6.07) is 7.82. The Morgan fingerprint density at radius 3 is 2.71 bits per heavy atom. The van der Waals surface area contributed by atoms with Gasteiger partial charge in [-0.2, -0.15) is 0 Å². The number of anilines is 1. The number of benzene rings is 1. The summed E-state index contributed by atoms with van der Waals surface area (Å²) in [7, 11) is 0. The van der Waals surface area contributed by atoms with E-state index in [0.717, 1.165) is 23.7 Å². The molecule has 1 saturated carbocycles. The average molecular weight is 255 g/mol. The van der Waals surface area contributed by atoms with Crippen molar-refractivity contribution in [3.63, 3.8) is 0 Å². The van der Waals surface area contributed by atoms with E-state index in [0.29, 0.717) is 6.54 Å². The Hall–Kier alpha value is -1.06. The monoisotopic (exact) mass is 254 g/mol. The second-order valence-corrected chi connectivity index (χ2v) is 4.44. The van der Waals surface area contributed by atoms with Gasteiger partial charge in [0.25, 0.3) is 0 Å². The minimum atomic E-state index is 0. The van der Waals surface area contributed by atoms with Crippen molar-refractivity contribution in [1.29, 1.82) is 0 Å². The summed E-state index contributed by atoms with van der Waals surface area (Å²) in [5, 5.41) is 6.08. The third kappa shape index (κ3) is 4.75. The fourth-order valence-corrected chi connectivity index (χ4v) is 1.62. The first-order valence-electron chi connectivity index (χ1n) is 5.82. The van der Waals surface area contributed by atoms with Gasteiger partial charge in [0.2, 0.25) is 5.91 Å². The van der Waals surface area contributed by atoms with Crippen LogP contribution in [0.5, 0.6) is 0 Å². The summed E-state index contributed by atoms with van der Waals surface area (Å²) in [4.78, 5) is 11.6. The number of carbonyl (C=O) groups excluding carboxylic acids is 1. The molecule has 0 unspecified atom stereocenters. The van der Waals surface area contributed by atoms with E-state index in [9.17, 15) is 4.79 Å². The molecule has 0 heterocycles. The van der Waals surface area contributed by atoms with Crippen LogP contribution in [0.2, 0.25) is 0 Å². The van der Waals surface area contributed by atoms with Crippen molar-refractivity contribution in [2.24, 2.45) is 5.92 Å². The molecule has 94 valence electrons. The summed E-state index contributed by atoms with van der Waals surface area (Å²) >= 11 is 0. The van der Waals surface area contributed by atoms with Gasteiger partial charge in [0, 0.05) is 5.69 Å². The number of carbonyl (C=O) groups is 1. The second kappa shape index (κ2) is 6.62. The van der Waals surface area contributed by atoms with Gasteiger partial charge in [0.05, 0.1) is 6.54 Å². The molecule has 0 saturated heterocycles. The first kappa shape index (κ1) is 14.0. The van der Waals surface area contributed by atoms with E-state index in [1.54, 1.807) is 0 Å². The van der Waals surface area contributed by atoms with E-state index in [4.69, 9.17) is 0 Å². The molecule has 1 fully saturated rings. The zero-order valence-electron chi connectivity index (χ0n) is 10.0. The summed E-state index contributed by atoms with van der Waals surface area (Å²) < 4.78 is 0. The summed E-state index contributed by atoms with van der Waals surface area (Å²) in [5.74, 6) is 0.848. The molecular formula is C13H19ClN2O. The number of para-hydroxylation sites is 1. The maximum atomic E-state index is 11.6. The second-order valence-electron chi connectivity index (χ2n) is 4.44. The smallest absolute Gasteiger partial charge is 0.238 e. The highest BCUT2D eigenvalue weighted by Crippen LogP contribution is 2.27. The number of nitrogens with one attached hydrogen (secondary N) is 2. The van der Waals surface area contributed by atoms with Gasteiger partial charge < -0.3 is 10.6 Å². The average Bonchev–Trinajstić information content (AvgIpc) is 3.05. The lowest BCUT2D eigenvalue weighted by atomic mass is 10.2. The summed E-state index contributed by atoms with van der Waals surface area (Å²) in [6.07, 6.45) is 2.62. The largest absolute Gasteiger partial charge is 0.325 e. The molecule has 0 bridgehead atoms. The number of aryl methyl sites for hydroxylation is 1. The van der Waals surface area contributed by atoms with Crippen LogP contribution in [-0.4, -0.2) is 19.0 Å². The van der Waals surface area contributed by atoms with Crippen LogP contribution in [0.3, 0.4) is 0 Å². The molecule has 17 heavy (non-hydrogen) atoms. The van der Waals surface area contributed by atoms with E-state index in [1.165, 1.54) is 12.8 Å². The van der Waals surface area contributed by atoms with Crippen molar-refractivity contribution < 1.29 is 4.79 Å². The predicted molar refractivity (Wildman–Crippen MR) is 72.7 cm³/mol. The van der Waals surface area contributed by atoms with Gasteiger partial charge in [-0.05, 0) is 43.9 Å². The summed E-state index contributed by atoms with van der Waals surface area (Å²) in [5.41, 5.74) is 2.00. The highest BCUT2D eigenvalue weighted by Gasteiger charge is 2.20. The Labute approximate surface area is 108 Å². The van der Waals surface area contributed by atoms with Crippen LogP contribution in [0, 0.1) is 12.8 Å². The van der Waals surface area contributed by atoms with Gasteiger partial charge in [-0.25, -0.2) is 0 Å². The highest BCUT2D eigenvalue weighted by molar-refractivity contribution is 5.92. The zero-order chi connectivity index (χ0) is 11.4. The lowest BCUT2D eigenvalue weighted by molar-refractivity contribution is -0.115. The molecule has 0 aromatic heterocycles. The third-order valence-corrected chi connectivity index (χ3v) is 2.83. The van der Waals surface area contributed by atoms with Crippen molar-refractivity contribution in [3.8, 4) is 0 Å². The number of hydrogen-bond donors (Lipinski definition) is 2. The van der Waals surface area contributed by atoms with Crippen molar-refractivity contribution in [2.75, 3.05) is 18.4 Å². The van der Waals surface area contributed by atoms with Crippen molar-refractivity contribution >= 4 is 24.0 Å².